The van der Waals surface area contributed by atoms with Gasteiger partial charge in [-0.25, -0.2) is 4.79 Å². The summed E-state index contributed by atoms with van der Waals surface area (Å²) in [5.74, 6) is 0.0615. The molecule has 1 aromatic carbocycles. The molecule has 0 atom stereocenters. The quantitative estimate of drug-likeness (QED) is 0.484. The molecule has 108 valence electrons. The SMILES string of the molecule is N#Cc1ccc(C(=O)O[C@H]2CC[C@H](C=CC=O)CC2)cc1. The van der Waals surface area contributed by atoms with Crippen LogP contribution in [-0.2, 0) is 9.53 Å². The molecule has 0 amide bonds. The Bertz CT molecular complexity index is 561. The van der Waals surface area contributed by atoms with Gasteiger partial charge in [-0.1, -0.05) is 6.08 Å². The van der Waals surface area contributed by atoms with Crippen molar-refractivity contribution in [3.63, 3.8) is 0 Å². The van der Waals surface area contributed by atoms with Crippen LogP contribution in [-0.4, -0.2) is 18.4 Å². The van der Waals surface area contributed by atoms with Crippen molar-refractivity contribution in [1.82, 2.24) is 0 Å². The second kappa shape index (κ2) is 7.39. The Morgan fingerprint density at radius 3 is 2.43 bits per heavy atom. The molecular weight excluding hydrogens is 266 g/mol. The normalized spacial score (nSPS) is 21.7. The van der Waals surface area contributed by atoms with Gasteiger partial charge < -0.3 is 4.74 Å². The molecule has 1 aliphatic carbocycles. The van der Waals surface area contributed by atoms with E-state index in [1.807, 2.05) is 12.1 Å². The molecule has 0 N–H and O–H groups in total. The van der Waals surface area contributed by atoms with Gasteiger partial charge in [0.2, 0.25) is 0 Å². The van der Waals surface area contributed by atoms with Crippen LogP contribution in [0.2, 0.25) is 0 Å². The number of carbonyl (C=O) groups excluding carboxylic acids is 2. The van der Waals surface area contributed by atoms with Crippen LogP contribution in [0.3, 0.4) is 0 Å². The van der Waals surface area contributed by atoms with E-state index in [0.717, 1.165) is 32.0 Å². The highest BCUT2D eigenvalue weighted by atomic mass is 16.5. The van der Waals surface area contributed by atoms with Crippen LogP contribution >= 0.6 is 0 Å². The van der Waals surface area contributed by atoms with Crippen molar-refractivity contribution in [2.75, 3.05) is 0 Å². The topological polar surface area (TPSA) is 67.2 Å². The number of hydrogen-bond donors (Lipinski definition) is 0. The molecular formula is C17H17NO3. The molecule has 0 aliphatic heterocycles. The van der Waals surface area contributed by atoms with Crippen LogP contribution in [0.25, 0.3) is 0 Å². The number of rotatable bonds is 4. The first-order chi connectivity index (χ1) is 10.2. The average Bonchev–Trinajstić information content (AvgIpc) is 2.54. The molecule has 4 nitrogen and oxygen atoms in total. The monoisotopic (exact) mass is 283 g/mol. The van der Waals surface area contributed by atoms with Gasteiger partial charge in [0, 0.05) is 0 Å². The molecule has 21 heavy (non-hydrogen) atoms. The number of esters is 1. The predicted octanol–water partition coefficient (Wildman–Crippen LogP) is 3.03. The van der Waals surface area contributed by atoms with E-state index in [1.54, 1.807) is 24.3 Å². The maximum atomic E-state index is 12.0. The lowest BCUT2D eigenvalue weighted by atomic mass is 9.87. The highest BCUT2D eigenvalue weighted by Crippen LogP contribution is 2.27. The first-order valence-corrected chi connectivity index (χ1v) is 7.06. The number of hydrogen-bond acceptors (Lipinski definition) is 4. The minimum absolute atomic E-state index is 0.0611. The maximum absolute atomic E-state index is 12.0. The summed E-state index contributed by atoms with van der Waals surface area (Å²) in [6.07, 6.45) is 7.67. The van der Waals surface area contributed by atoms with E-state index < -0.39 is 0 Å². The van der Waals surface area contributed by atoms with Crippen molar-refractivity contribution in [3.05, 3.63) is 47.5 Å². The molecule has 0 bridgehead atoms. The third kappa shape index (κ3) is 4.28. The van der Waals surface area contributed by atoms with Crippen LogP contribution in [0.1, 0.15) is 41.6 Å². The Hall–Kier alpha value is -2.41. The zero-order valence-electron chi connectivity index (χ0n) is 11.7. The van der Waals surface area contributed by atoms with Gasteiger partial charge >= 0.3 is 5.97 Å². The summed E-state index contributed by atoms with van der Waals surface area (Å²) in [6.45, 7) is 0. The van der Waals surface area contributed by atoms with Crippen LogP contribution in [0.4, 0.5) is 0 Å². The zero-order chi connectivity index (χ0) is 15.1. The fraction of sp³-hybridized carbons (Fsp3) is 0.353. The van der Waals surface area contributed by atoms with Gasteiger partial charge in [0.1, 0.15) is 12.4 Å². The highest BCUT2D eigenvalue weighted by molar-refractivity contribution is 5.89. The Morgan fingerprint density at radius 1 is 1.19 bits per heavy atom. The smallest absolute Gasteiger partial charge is 0.338 e. The van der Waals surface area contributed by atoms with Crippen LogP contribution in [0.15, 0.2) is 36.4 Å². The lowest BCUT2D eigenvalue weighted by Gasteiger charge is -2.26. The minimum Gasteiger partial charge on any atom is -0.459 e. The lowest BCUT2D eigenvalue weighted by molar-refractivity contribution is -0.104. The van der Waals surface area contributed by atoms with Gasteiger partial charge in [-0.15, -0.1) is 0 Å². The number of allylic oxidation sites excluding steroid dienone is 2. The summed E-state index contributed by atoms with van der Waals surface area (Å²) in [5.41, 5.74) is 0.992. The van der Waals surface area contributed by atoms with E-state index in [9.17, 15) is 9.59 Å². The average molecular weight is 283 g/mol. The Morgan fingerprint density at radius 2 is 1.86 bits per heavy atom. The fourth-order valence-corrected chi connectivity index (χ4v) is 2.50. The largest absolute Gasteiger partial charge is 0.459 e. The second-order valence-electron chi connectivity index (χ2n) is 5.15. The van der Waals surface area contributed by atoms with E-state index in [4.69, 9.17) is 10.00 Å². The standard InChI is InChI=1S/C17H17NO3/c18-12-14-3-7-15(8-4-14)17(20)21-16-9-5-13(6-10-16)2-1-11-19/h1-4,7-8,11,13,16H,5-6,9-10H2/t13-,16-. The first kappa shape index (κ1) is 15.0. The van der Waals surface area contributed by atoms with Gasteiger partial charge in [0.15, 0.2) is 0 Å². The van der Waals surface area contributed by atoms with Crippen LogP contribution in [0.5, 0.6) is 0 Å². The first-order valence-electron chi connectivity index (χ1n) is 7.06. The number of aldehydes is 1. The molecule has 1 saturated carbocycles. The van der Waals surface area contributed by atoms with Gasteiger partial charge in [0.05, 0.1) is 17.2 Å². The van der Waals surface area contributed by atoms with Crippen molar-refractivity contribution in [1.29, 1.82) is 5.26 Å². The van der Waals surface area contributed by atoms with Gasteiger partial charge in [0.25, 0.3) is 0 Å². The number of nitriles is 1. The second-order valence-corrected chi connectivity index (χ2v) is 5.15. The fourth-order valence-electron chi connectivity index (χ4n) is 2.50. The van der Waals surface area contributed by atoms with Crippen LogP contribution in [0, 0.1) is 17.2 Å². The number of carbonyl (C=O) groups is 2. The summed E-state index contributed by atoms with van der Waals surface area (Å²) >= 11 is 0. The summed E-state index contributed by atoms with van der Waals surface area (Å²) in [5, 5.41) is 8.72. The van der Waals surface area contributed by atoms with Crippen molar-refractivity contribution >= 4 is 12.3 Å². The molecule has 0 aromatic heterocycles. The molecule has 1 fully saturated rings. The summed E-state index contributed by atoms with van der Waals surface area (Å²) in [6, 6.07) is 8.45. The predicted molar refractivity (Wildman–Crippen MR) is 77.5 cm³/mol. The number of benzene rings is 1. The lowest BCUT2D eigenvalue weighted by Crippen LogP contribution is -2.24. The molecule has 0 saturated heterocycles. The van der Waals surface area contributed by atoms with Gasteiger partial charge in [-0.2, -0.15) is 5.26 Å². The summed E-state index contributed by atoms with van der Waals surface area (Å²) in [7, 11) is 0. The summed E-state index contributed by atoms with van der Waals surface area (Å²) < 4.78 is 5.49. The molecule has 4 heteroatoms. The van der Waals surface area contributed by atoms with E-state index in [0.29, 0.717) is 17.0 Å². The highest BCUT2D eigenvalue weighted by Gasteiger charge is 2.23. The van der Waals surface area contributed by atoms with E-state index in [1.165, 1.54) is 6.08 Å². The summed E-state index contributed by atoms with van der Waals surface area (Å²) in [4.78, 5) is 22.3. The van der Waals surface area contributed by atoms with Gasteiger partial charge in [-0.3, -0.25) is 4.79 Å². The van der Waals surface area contributed by atoms with E-state index in [2.05, 4.69) is 0 Å². The molecule has 0 unspecified atom stereocenters. The van der Waals surface area contributed by atoms with Crippen molar-refractivity contribution in [3.8, 4) is 6.07 Å². The maximum Gasteiger partial charge on any atom is 0.338 e. The molecule has 0 radical (unpaired) electrons. The minimum atomic E-state index is -0.341. The molecule has 0 spiro atoms. The Kier molecular flexibility index (Phi) is 5.28. The Labute approximate surface area is 124 Å². The Balaban J connectivity index is 1.85. The number of ether oxygens (including phenoxy) is 1. The third-order valence-corrected chi connectivity index (χ3v) is 3.70. The van der Waals surface area contributed by atoms with E-state index in [-0.39, 0.29) is 12.1 Å². The third-order valence-electron chi connectivity index (χ3n) is 3.70. The number of nitrogens with zero attached hydrogens (tertiary/aromatic N) is 1. The molecule has 0 heterocycles. The molecule has 1 aromatic rings. The van der Waals surface area contributed by atoms with Gasteiger partial charge in [-0.05, 0) is 61.9 Å². The van der Waals surface area contributed by atoms with E-state index >= 15 is 0 Å². The van der Waals surface area contributed by atoms with Crippen molar-refractivity contribution in [2.45, 2.75) is 31.8 Å². The van der Waals surface area contributed by atoms with Crippen molar-refractivity contribution < 1.29 is 14.3 Å². The molecule has 2 rings (SSSR count). The molecule has 1 aliphatic rings. The van der Waals surface area contributed by atoms with Crippen LogP contribution < -0.4 is 0 Å². The zero-order valence-corrected chi connectivity index (χ0v) is 11.7. The van der Waals surface area contributed by atoms with Crippen molar-refractivity contribution in [2.24, 2.45) is 5.92 Å².